The van der Waals surface area contributed by atoms with Gasteiger partial charge in [-0.15, -0.1) is 0 Å². The summed E-state index contributed by atoms with van der Waals surface area (Å²) in [6, 6.07) is 2.51. The highest BCUT2D eigenvalue weighted by Gasteiger charge is 2.38. The molecule has 0 spiro atoms. The average Bonchev–Trinajstić information content (AvgIpc) is 3.04. The quantitative estimate of drug-likeness (QED) is 0.750. The highest BCUT2D eigenvalue weighted by Crippen LogP contribution is 2.31. The molecule has 1 aromatic carbocycles. The molecule has 1 saturated heterocycles. The molecule has 142 valence electrons. The number of likely N-dealkylation sites (tertiary alicyclic amines) is 1. The van der Waals surface area contributed by atoms with Gasteiger partial charge in [-0.3, -0.25) is 10.9 Å². The summed E-state index contributed by atoms with van der Waals surface area (Å²) in [6.45, 7) is 3.55. The fourth-order valence-corrected chi connectivity index (χ4v) is 3.09. The summed E-state index contributed by atoms with van der Waals surface area (Å²) in [6.07, 6.45) is 2.00. The molecule has 7 nitrogen and oxygen atoms in total. The summed E-state index contributed by atoms with van der Waals surface area (Å²) in [5, 5.41) is 5.38. The highest BCUT2D eigenvalue weighted by molar-refractivity contribution is 5.79. The number of urea groups is 1. The second-order valence-corrected chi connectivity index (χ2v) is 6.48. The predicted octanol–water partition coefficient (Wildman–Crippen LogP) is 1.63. The van der Waals surface area contributed by atoms with E-state index >= 15 is 0 Å². The first kappa shape index (κ1) is 18.7. The summed E-state index contributed by atoms with van der Waals surface area (Å²) in [7, 11) is 1.79. The molecule has 1 unspecified atom stereocenters. The van der Waals surface area contributed by atoms with Crippen molar-refractivity contribution in [3.05, 3.63) is 35.4 Å². The number of ether oxygens (including phenoxy) is 1. The van der Waals surface area contributed by atoms with Gasteiger partial charge < -0.3 is 9.64 Å². The lowest BCUT2D eigenvalue weighted by molar-refractivity contribution is -0.0747. The first-order chi connectivity index (χ1) is 12.5. The van der Waals surface area contributed by atoms with Crippen molar-refractivity contribution in [3.63, 3.8) is 0 Å². The number of hydrogen-bond donors (Lipinski definition) is 2. The minimum atomic E-state index is -0.666. The van der Waals surface area contributed by atoms with Crippen LogP contribution in [0, 0.1) is 11.6 Å². The Morgan fingerprint density at radius 1 is 1.35 bits per heavy atom. The number of halogens is 2. The van der Waals surface area contributed by atoms with Gasteiger partial charge in [-0.25, -0.2) is 18.6 Å². The first-order valence-corrected chi connectivity index (χ1v) is 8.59. The van der Waals surface area contributed by atoms with E-state index in [0.717, 1.165) is 6.07 Å². The van der Waals surface area contributed by atoms with E-state index in [9.17, 15) is 13.6 Å². The van der Waals surface area contributed by atoms with Crippen LogP contribution in [0.25, 0.3) is 0 Å². The van der Waals surface area contributed by atoms with E-state index in [-0.39, 0.29) is 18.2 Å². The van der Waals surface area contributed by atoms with Crippen LogP contribution in [0.4, 0.5) is 13.6 Å². The van der Waals surface area contributed by atoms with Gasteiger partial charge in [-0.05, 0) is 31.7 Å². The fraction of sp³-hybridized carbons (Fsp3) is 0.529. The molecular weight excluding hydrogens is 344 g/mol. The standard InChI is InChI=1S/C17H23F2N5O2/c1-11(8-21-20-2)26-15-9-23(10-15)17(25)24-16(3-4-22-24)12-5-13(18)7-14(19)6-12/h4-7,11,15-16,20-21H,3,8-10H2,1-2H3/t11?,16-/m0/s1. The van der Waals surface area contributed by atoms with Gasteiger partial charge in [-0.1, -0.05) is 0 Å². The van der Waals surface area contributed by atoms with Crippen molar-refractivity contribution >= 4 is 12.2 Å². The van der Waals surface area contributed by atoms with Crippen LogP contribution in [0.1, 0.15) is 24.9 Å². The van der Waals surface area contributed by atoms with Gasteiger partial charge in [0.15, 0.2) is 0 Å². The van der Waals surface area contributed by atoms with E-state index in [2.05, 4.69) is 16.0 Å². The number of hydrogen-bond acceptors (Lipinski definition) is 5. The molecule has 0 aliphatic carbocycles. The smallest absolute Gasteiger partial charge is 0.341 e. The number of hydrazine groups is 1. The monoisotopic (exact) mass is 367 g/mol. The van der Waals surface area contributed by atoms with E-state index in [1.54, 1.807) is 18.2 Å². The number of carbonyl (C=O) groups excluding carboxylic acids is 1. The summed E-state index contributed by atoms with van der Waals surface area (Å²) >= 11 is 0. The number of amides is 2. The Kier molecular flexibility index (Phi) is 5.80. The molecule has 2 heterocycles. The maximum atomic E-state index is 13.5. The van der Waals surface area contributed by atoms with Crippen LogP contribution in [-0.2, 0) is 4.74 Å². The third-order valence-corrected chi connectivity index (χ3v) is 4.41. The molecule has 2 N–H and O–H groups in total. The second kappa shape index (κ2) is 8.07. The van der Waals surface area contributed by atoms with Gasteiger partial charge in [0.2, 0.25) is 0 Å². The Bertz CT molecular complexity index is 661. The number of nitrogens with zero attached hydrogens (tertiary/aromatic N) is 3. The largest absolute Gasteiger partial charge is 0.370 e. The molecular formula is C17H23F2N5O2. The molecule has 0 aromatic heterocycles. The van der Waals surface area contributed by atoms with Crippen molar-refractivity contribution in [2.75, 3.05) is 26.7 Å². The molecule has 1 aromatic rings. The van der Waals surface area contributed by atoms with Crippen molar-refractivity contribution in [1.82, 2.24) is 20.8 Å². The lowest BCUT2D eigenvalue weighted by Crippen LogP contribution is -2.58. The van der Waals surface area contributed by atoms with Gasteiger partial charge in [0.05, 0.1) is 31.3 Å². The first-order valence-electron chi connectivity index (χ1n) is 8.59. The maximum absolute atomic E-state index is 13.5. The summed E-state index contributed by atoms with van der Waals surface area (Å²) in [5.74, 6) is -1.33. The van der Waals surface area contributed by atoms with Crippen LogP contribution >= 0.6 is 0 Å². The van der Waals surface area contributed by atoms with Crippen LogP contribution in [0.5, 0.6) is 0 Å². The molecule has 3 rings (SSSR count). The predicted molar refractivity (Wildman–Crippen MR) is 92.4 cm³/mol. The fourth-order valence-electron chi connectivity index (χ4n) is 3.09. The Morgan fingerprint density at radius 2 is 2.04 bits per heavy atom. The molecule has 0 saturated carbocycles. The van der Waals surface area contributed by atoms with E-state index < -0.39 is 17.7 Å². The van der Waals surface area contributed by atoms with Gasteiger partial charge >= 0.3 is 6.03 Å². The summed E-state index contributed by atoms with van der Waals surface area (Å²) in [5.41, 5.74) is 6.20. The molecule has 0 bridgehead atoms. The van der Waals surface area contributed by atoms with E-state index in [4.69, 9.17) is 4.74 Å². The summed E-state index contributed by atoms with van der Waals surface area (Å²) in [4.78, 5) is 14.3. The van der Waals surface area contributed by atoms with Gasteiger partial charge in [0, 0.05) is 25.2 Å². The molecule has 26 heavy (non-hydrogen) atoms. The van der Waals surface area contributed by atoms with Crippen LogP contribution in [-0.4, -0.2) is 61.0 Å². The third-order valence-electron chi connectivity index (χ3n) is 4.41. The minimum absolute atomic E-state index is 0.0116. The average molecular weight is 367 g/mol. The van der Waals surface area contributed by atoms with Crippen molar-refractivity contribution in [2.45, 2.75) is 31.6 Å². The van der Waals surface area contributed by atoms with Crippen LogP contribution in [0.2, 0.25) is 0 Å². The Labute approximate surface area is 150 Å². The van der Waals surface area contributed by atoms with Crippen molar-refractivity contribution < 1.29 is 18.3 Å². The Hall–Kier alpha value is -2.10. The van der Waals surface area contributed by atoms with Crippen molar-refractivity contribution in [3.8, 4) is 0 Å². The number of nitrogens with one attached hydrogen (secondary N) is 2. The Balaban J connectivity index is 1.56. The SMILES string of the molecule is CNNCC(C)OC1CN(C(=O)N2N=CC[C@H]2c2cc(F)cc(F)c2)C1. The molecule has 2 amide bonds. The maximum Gasteiger partial charge on any atom is 0.341 e. The second-order valence-electron chi connectivity index (χ2n) is 6.48. The van der Waals surface area contributed by atoms with Crippen LogP contribution in [0.3, 0.4) is 0 Å². The Morgan fingerprint density at radius 3 is 2.69 bits per heavy atom. The third kappa shape index (κ3) is 4.17. The number of benzene rings is 1. The van der Waals surface area contributed by atoms with E-state index in [0.29, 0.717) is 31.6 Å². The van der Waals surface area contributed by atoms with E-state index in [1.807, 2.05) is 6.92 Å². The molecule has 9 heteroatoms. The zero-order chi connectivity index (χ0) is 18.7. The number of hydrazone groups is 1. The topological polar surface area (TPSA) is 69.2 Å². The molecule has 1 fully saturated rings. The van der Waals surface area contributed by atoms with Crippen LogP contribution in [0.15, 0.2) is 23.3 Å². The molecule has 2 aliphatic rings. The number of carbonyl (C=O) groups is 1. The lowest BCUT2D eigenvalue weighted by atomic mass is 10.0. The molecule has 2 atom stereocenters. The van der Waals surface area contributed by atoms with Gasteiger partial charge in [0.25, 0.3) is 0 Å². The van der Waals surface area contributed by atoms with Crippen molar-refractivity contribution in [1.29, 1.82) is 0 Å². The van der Waals surface area contributed by atoms with E-state index in [1.165, 1.54) is 17.1 Å². The minimum Gasteiger partial charge on any atom is -0.370 e. The summed E-state index contributed by atoms with van der Waals surface area (Å²) < 4.78 is 32.8. The zero-order valence-electron chi connectivity index (χ0n) is 14.8. The zero-order valence-corrected chi connectivity index (χ0v) is 14.8. The molecule has 2 aliphatic heterocycles. The number of rotatable bonds is 6. The van der Waals surface area contributed by atoms with Gasteiger partial charge in [-0.2, -0.15) is 5.10 Å². The van der Waals surface area contributed by atoms with Gasteiger partial charge in [0.1, 0.15) is 11.6 Å². The van der Waals surface area contributed by atoms with Crippen LogP contribution < -0.4 is 10.9 Å². The lowest BCUT2D eigenvalue weighted by Gasteiger charge is -2.42. The highest BCUT2D eigenvalue weighted by atomic mass is 19.1. The normalized spacial score (nSPS) is 21.2. The van der Waals surface area contributed by atoms with Crippen molar-refractivity contribution in [2.24, 2.45) is 5.10 Å². The molecule has 0 radical (unpaired) electrons.